The van der Waals surface area contributed by atoms with Gasteiger partial charge in [-0.15, -0.1) is 0 Å². The van der Waals surface area contributed by atoms with E-state index in [0.717, 1.165) is 17.0 Å². The van der Waals surface area contributed by atoms with Crippen molar-refractivity contribution in [3.05, 3.63) is 59.4 Å². The van der Waals surface area contributed by atoms with Gasteiger partial charge in [-0.25, -0.2) is 26.9 Å². The highest BCUT2D eigenvalue weighted by Crippen LogP contribution is 2.32. The van der Waals surface area contributed by atoms with E-state index < -0.39 is 56.5 Å². The van der Waals surface area contributed by atoms with Crippen molar-refractivity contribution in [1.82, 2.24) is 9.62 Å². The highest BCUT2D eigenvalue weighted by atomic mass is 32.2. The molecule has 3 unspecified atom stereocenters. The van der Waals surface area contributed by atoms with Gasteiger partial charge in [-0.3, -0.25) is 4.79 Å². The molecule has 1 aliphatic rings. The number of halogens is 6. The number of likely N-dealkylation sites (tertiary alicyclic amines) is 1. The van der Waals surface area contributed by atoms with E-state index in [1.54, 1.807) is 4.72 Å². The molecule has 0 saturated carbocycles. The molecule has 2 aromatic rings. The van der Waals surface area contributed by atoms with Crippen LogP contribution in [0.1, 0.15) is 39.7 Å². The number of amides is 1. The summed E-state index contributed by atoms with van der Waals surface area (Å²) < 4.78 is 103. The second-order valence-electron chi connectivity index (χ2n) is 8.78. The van der Waals surface area contributed by atoms with E-state index >= 15 is 4.39 Å². The van der Waals surface area contributed by atoms with E-state index in [2.05, 4.69) is 0 Å². The van der Waals surface area contributed by atoms with Crippen molar-refractivity contribution in [2.45, 2.75) is 63.7 Å². The van der Waals surface area contributed by atoms with Crippen LogP contribution in [0.25, 0.3) is 11.1 Å². The third kappa shape index (κ3) is 7.02. The first kappa shape index (κ1) is 30.6. The summed E-state index contributed by atoms with van der Waals surface area (Å²) in [5, 5.41) is 10.1. The SMILES string of the molecule is CC.CC(C)(O)C(=O)N1CCC(NS(=N)(=O)C(F)(F)F)C1Cc1cccc(-c2cc(F)cc(F)c2)c1F. The van der Waals surface area contributed by atoms with Crippen molar-refractivity contribution in [1.29, 1.82) is 4.78 Å². The van der Waals surface area contributed by atoms with Gasteiger partial charge in [0.05, 0.1) is 6.04 Å². The summed E-state index contributed by atoms with van der Waals surface area (Å²) in [6, 6.07) is 3.83. The molecule has 3 N–H and O–H groups in total. The van der Waals surface area contributed by atoms with Gasteiger partial charge in [0.2, 0.25) is 9.92 Å². The van der Waals surface area contributed by atoms with Gasteiger partial charge < -0.3 is 10.0 Å². The lowest BCUT2D eigenvalue weighted by atomic mass is 9.95. The molecule has 2 aromatic carbocycles. The van der Waals surface area contributed by atoms with Gasteiger partial charge in [0.1, 0.15) is 23.1 Å². The molecule has 206 valence electrons. The molecule has 3 atom stereocenters. The fourth-order valence-corrected chi connectivity index (χ4v) is 4.86. The Hall–Kier alpha value is -2.64. The number of rotatable bonds is 6. The average Bonchev–Trinajstić information content (AvgIpc) is 3.15. The fraction of sp³-hybridized carbons (Fsp3) is 0.458. The van der Waals surface area contributed by atoms with Crippen LogP contribution in [0, 0.1) is 22.2 Å². The van der Waals surface area contributed by atoms with Gasteiger partial charge in [-0.2, -0.15) is 13.2 Å². The minimum Gasteiger partial charge on any atom is -0.381 e. The molecule has 1 heterocycles. The number of hydrogen-bond donors (Lipinski definition) is 3. The minimum absolute atomic E-state index is 0.0945. The van der Waals surface area contributed by atoms with E-state index in [-0.39, 0.29) is 36.1 Å². The molecule has 3 rings (SSSR count). The van der Waals surface area contributed by atoms with Gasteiger partial charge >= 0.3 is 5.51 Å². The average molecular weight is 554 g/mol. The molecule has 13 heteroatoms. The summed E-state index contributed by atoms with van der Waals surface area (Å²) in [6.07, 6.45) is -0.529. The van der Waals surface area contributed by atoms with Crippen molar-refractivity contribution in [3.63, 3.8) is 0 Å². The third-order valence-corrected chi connectivity index (χ3v) is 6.94. The number of nitrogens with one attached hydrogen (secondary N) is 2. The van der Waals surface area contributed by atoms with Crippen molar-refractivity contribution in [3.8, 4) is 11.1 Å². The number of aliphatic hydroxyl groups is 1. The van der Waals surface area contributed by atoms with Crippen LogP contribution < -0.4 is 4.72 Å². The standard InChI is InChI=1S/C22H23F6N3O3S.C2H6/c1-21(2,33)20(32)31-7-6-17(30-35(29,34)22(26,27)28)18(31)10-12-4-3-5-16(19(12)25)13-8-14(23)11-15(24)9-13;1-2/h3-5,8-9,11,17-18,33H,6-7,10H2,1-2H3,(H2,29,30,34);1-2H3. The summed E-state index contributed by atoms with van der Waals surface area (Å²) in [4.78, 5) is 13.8. The number of nitrogens with zero attached hydrogens (tertiary/aromatic N) is 1. The maximum absolute atomic E-state index is 15.4. The molecular formula is C24H29F6N3O3S. The molecule has 0 spiro atoms. The highest BCUT2D eigenvalue weighted by molar-refractivity contribution is 7.91. The van der Waals surface area contributed by atoms with Crippen molar-refractivity contribution >= 4 is 15.8 Å². The lowest BCUT2D eigenvalue weighted by Gasteiger charge is -2.33. The van der Waals surface area contributed by atoms with Crippen molar-refractivity contribution in [2.75, 3.05) is 6.54 Å². The summed E-state index contributed by atoms with van der Waals surface area (Å²) in [5.74, 6) is -3.64. The number of carbonyl (C=O) groups is 1. The number of benzene rings is 2. The Morgan fingerprint density at radius 2 is 1.70 bits per heavy atom. The Kier molecular flexibility index (Phi) is 9.42. The molecule has 0 aliphatic carbocycles. The van der Waals surface area contributed by atoms with Crippen LogP contribution >= 0.6 is 0 Å². The van der Waals surface area contributed by atoms with Crippen LogP contribution in [0.2, 0.25) is 0 Å². The third-order valence-electron chi connectivity index (χ3n) is 5.65. The fourth-order valence-electron chi connectivity index (χ4n) is 4.02. The topological polar surface area (TPSA) is 93.5 Å². The van der Waals surface area contributed by atoms with Gasteiger partial charge in [0.15, 0.2) is 0 Å². The van der Waals surface area contributed by atoms with Crippen LogP contribution in [-0.2, 0) is 21.1 Å². The Bertz CT molecular complexity index is 1210. The van der Waals surface area contributed by atoms with Crippen LogP contribution in [0.15, 0.2) is 36.4 Å². The van der Waals surface area contributed by atoms with Gasteiger partial charge in [0.25, 0.3) is 5.91 Å². The largest absolute Gasteiger partial charge is 0.492 e. The van der Waals surface area contributed by atoms with Crippen molar-refractivity contribution in [2.24, 2.45) is 0 Å². The first-order valence-corrected chi connectivity index (χ1v) is 13.0. The molecule has 1 saturated heterocycles. The van der Waals surface area contributed by atoms with E-state index in [9.17, 15) is 36.1 Å². The Morgan fingerprint density at radius 1 is 1.14 bits per heavy atom. The van der Waals surface area contributed by atoms with E-state index in [1.165, 1.54) is 32.0 Å². The normalized spacial score (nSPS) is 19.7. The number of hydrogen-bond acceptors (Lipinski definition) is 4. The van der Waals surface area contributed by atoms with E-state index in [4.69, 9.17) is 4.78 Å². The van der Waals surface area contributed by atoms with Crippen LogP contribution in [0.5, 0.6) is 0 Å². The Balaban J connectivity index is 0.00000235. The Morgan fingerprint density at radius 3 is 2.22 bits per heavy atom. The lowest BCUT2D eigenvalue weighted by molar-refractivity contribution is -0.148. The molecule has 0 aromatic heterocycles. The molecule has 6 nitrogen and oxygen atoms in total. The van der Waals surface area contributed by atoms with Crippen LogP contribution in [0.3, 0.4) is 0 Å². The summed E-state index contributed by atoms with van der Waals surface area (Å²) in [6.45, 7) is 6.21. The number of alkyl halides is 3. The maximum atomic E-state index is 15.4. The molecule has 1 fully saturated rings. The lowest BCUT2D eigenvalue weighted by Crippen LogP contribution is -2.53. The molecule has 0 radical (unpaired) electrons. The minimum atomic E-state index is -5.39. The zero-order valence-corrected chi connectivity index (χ0v) is 21.4. The van der Waals surface area contributed by atoms with Crippen LogP contribution in [0.4, 0.5) is 26.3 Å². The Labute approximate surface area is 211 Å². The summed E-state index contributed by atoms with van der Waals surface area (Å²) in [7, 11) is -5.29. The van der Waals surface area contributed by atoms with E-state index in [0.29, 0.717) is 6.07 Å². The highest BCUT2D eigenvalue weighted by Gasteiger charge is 2.48. The van der Waals surface area contributed by atoms with E-state index in [1.807, 2.05) is 13.8 Å². The first-order valence-electron chi connectivity index (χ1n) is 11.4. The summed E-state index contributed by atoms with van der Waals surface area (Å²) >= 11 is 0. The van der Waals surface area contributed by atoms with Crippen molar-refractivity contribution < 1.29 is 40.5 Å². The smallest absolute Gasteiger partial charge is 0.381 e. The monoisotopic (exact) mass is 553 g/mol. The first-order chi connectivity index (χ1) is 17.0. The second-order valence-corrected chi connectivity index (χ2v) is 10.6. The molecule has 1 aliphatic heterocycles. The zero-order valence-electron chi connectivity index (χ0n) is 20.6. The van der Waals surface area contributed by atoms with Crippen LogP contribution in [-0.4, -0.2) is 49.9 Å². The zero-order chi connectivity index (χ0) is 28.3. The quantitative estimate of drug-likeness (QED) is 0.432. The molecule has 0 bridgehead atoms. The predicted octanol–water partition coefficient (Wildman–Crippen LogP) is 5.15. The van der Waals surface area contributed by atoms with Gasteiger partial charge in [-0.05, 0) is 49.9 Å². The van der Waals surface area contributed by atoms with Gasteiger partial charge in [-0.1, -0.05) is 32.0 Å². The summed E-state index contributed by atoms with van der Waals surface area (Å²) in [5.41, 5.74) is -7.68. The molecular weight excluding hydrogens is 524 g/mol. The second kappa shape index (κ2) is 11.4. The number of carbonyl (C=O) groups excluding carboxylic acids is 1. The van der Waals surface area contributed by atoms with Gasteiger partial charge in [0, 0.05) is 24.2 Å². The predicted molar refractivity (Wildman–Crippen MR) is 127 cm³/mol. The molecule has 1 amide bonds. The molecule has 37 heavy (non-hydrogen) atoms. The maximum Gasteiger partial charge on any atom is 0.492 e.